The molecule has 1 aliphatic heterocycles. The summed E-state index contributed by atoms with van der Waals surface area (Å²) in [6, 6.07) is 0. The summed E-state index contributed by atoms with van der Waals surface area (Å²) in [5.41, 5.74) is -0.340. The van der Waals surface area contributed by atoms with E-state index in [1.54, 1.807) is 7.11 Å². The van der Waals surface area contributed by atoms with Gasteiger partial charge in [-0.25, -0.2) is 4.79 Å². The van der Waals surface area contributed by atoms with Gasteiger partial charge in [0, 0.05) is 25.7 Å². The monoisotopic (exact) mass is 244 g/mol. The molecule has 0 aromatic heterocycles. The summed E-state index contributed by atoms with van der Waals surface area (Å²) in [5.74, 6) is 0.578. The number of rotatable bonds is 6. The average molecular weight is 244 g/mol. The van der Waals surface area contributed by atoms with Crippen LogP contribution in [0.15, 0.2) is 0 Å². The second-order valence-corrected chi connectivity index (χ2v) is 5.47. The third kappa shape index (κ3) is 5.37. The smallest absolute Gasteiger partial charge is 0.405 e. The summed E-state index contributed by atoms with van der Waals surface area (Å²) in [4.78, 5) is 13.0. The summed E-state index contributed by atoms with van der Waals surface area (Å²) in [6.45, 7) is 7.77. The highest BCUT2D eigenvalue weighted by atomic mass is 16.5. The molecule has 0 spiro atoms. The van der Waals surface area contributed by atoms with Gasteiger partial charge in [0.15, 0.2) is 0 Å². The zero-order chi connectivity index (χ0) is 12.9. The Morgan fingerprint density at radius 1 is 1.59 bits per heavy atom. The van der Waals surface area contributed by atoms with Gasteiger partial charge >= 0.3 is 6.09 Å². The summed E-state index contributed by atoms with van der Waals surface area (Å²) in [7, 11) is 1.72. The molecule has 0 aromatic carbocycles. The van der Waals surface area contributed by atoms with Gasteiger partial charge in [-0.1, -0.05) is 0 Å². The second-order valence-electron chi connectivity index (χ2n) is 5.47. The van der Waals surface area contributed by atoms with Crippen LogP contribution in [0.1, 0.15) is 26.7 Å². The van der Waals surface area contributed by atoms with E-state index in [0.717, 1.165) is 39.1 Å². The van der Waals surface area contributed by atoms with Crippen LogP contribution in [0.5, 0.6) is 0 Å². The second kappa shape index (κ2) is 6.21. The molecule has 0 bridgehead atoms. The third-order valence-corrected chi connectivity index (χ3v) is 3.23. The van der Waals surface area contributed by atoms with Crippen molar-refractivity contribution in [1.29, 1.82) is 0 Å². The first-order valence-corrected chi connectivity index (χ1v) is 6.15. The SMILES string of the molecule is COCCN1CCC(CC(C)(C)NC(=O)O)C1. The van der Waals surface area contributed by atoms with Gasteiger partial charge < -0.3 is 20.1 Å². The lowest BCUT2D eigenvalue weighted by Gasteiger charge is -2.27. The number of nitrogens with one attached hydrogen (secondary N) is 1. The lowest BCUT2D eigenvalue weighted by molar-refractivity contribution is 0.156. The molecule has 17 heavy (non-hydrogen) atoms. The molecule has 1 amide bonds. The Hall–Kier alpha value is -0.810. The number of ether oxygens (including phenoxy) is 1. The van der Waals surface area contributed by atoms with Crippen molar-refractivity contribution in [2.45, 2.75) is 32.2 Å². The Kier molecular flexibility index (Phi) is 5.21. The van der Waals surface area contributed by atoms with Gasteiger partial charge in [-0.2, -0.15) is 0 Å². The van der Waals surface area contributed by atoms with Crippen molar-refractivity contribution in [2.24, 2.45) is 5.92 Å². The first-order chi connectivity index (χ1) is 7.93. The van der Waals surface area contributed by atoms with Crippen LogP contribution in [0.2, 0.25) is 0 Å². The summed E-state index contributed by atoms with van der Waals surface area (Å²) >= 11 is 0. The molecule has 5 heteroatoms. The molecular formula is C12H24N2O3. The maximum atomic E-state index is 10.7. The Morgan fingerprint density at radius 2 is 2.29 bits per heavy atom. The number of amides is 1. The van der Waals surface area contributed by atoms with Crippen molar-refractivity contribution in [2.75, 3.05) is 33.4 Å². The Balaban J connectivity index is 2.31. The first kappa shape index (κ1) is 14.3. The highest BCUT2D eigenvalue weighted by molar-refractivity contribution is 5.65. The topological polar surface area (TPSA) is 61.8 Å². The maximum absolute atomic E-state index is 10.7. The van der Waals surface area contributed by atoms with Crippen molar-refractivity contribution in [1.82, 2.24) is 10.2 Å². The number of hydrogen-bond donors (Lipinski definition) is 2. The van der Waals surface area contributed by atoms with Crippen molar-refractivity contribution in [3.8, 4) is 0 Å². The van der Waals surface area contributed by atoms with Crippen LogP contribution in [-0.2, 0) is 4.74 Å². The molecule has 0 saturated carbocycles. The fourth-order valence-corrected chi connectivity index (χ4v) is 2.57. The average Bonchev–Trinajstić information content (AvgIpc) is 2.59. The van der Waals surface area contributed by atoms with E-state index in [1.165, 1.54) is 0 Å². The van der Waals surface area contributed by atoms with Gasteiger partial charge in [-0.05, 0) is 39.2 Å². The van der Waals surface area contributed by atoms with Gasteiger partial charge in [-0.3, -0.25) is 0 Å². The summed E-state index contributed by atoms with van der Waals surface area (Å²) in [5, 5.41) is 11.3. The van der Waals surface area contributed by atoms with Crippen molar-refractivity contribution in [3.05, 3.63) is 0 Å². The number of methoxy groups -OCH3 is 1. The zero-order valence-electron chi connectivity index (χ0n) is 11.0. The number of hydrogen-bond acceptors (Lipinski definition) is 3. The maximum Gasteiger partial charge on any atom is 0.405 e. The quantitative estimate of drug-likeness (QED) is 0.741. The molecule has 0 aromatic rings. The molecule has 1 unspecified atom stereocenters. The van der Waals surface area contributed by atoms with Crippen LogP contribution in [0.4, 0.5) is 4.79 Å². The molecule has 1 heterocycles. The van der Waals surface area contributed by atoms with E-state index in [9.17, 15) is 4.79 Å². The van der Waals surface area contributed by atoms with Crippen molar-refractivity contribution < 1.29 is 14.6 Å². The molecule has 1 atom stereocenters. The fraction of sp³-hybridized carbons (Fsp3) is 0.917. The molecule has 2 N–H and O–H groups in total. The molecule has 1 rings (SSSR count). The van der Waals surface area contributed by atoms with Gasteiger partial charge in [0.1, 0.15) is 0 Å². The van der Waals surface area contributed by atoms with Crippen LogP contribution in [0, 0.1) is 5.92 Å². The fourth-order valence-electron chi connectivity index (χ4n) is 2.57. The van der Waals surface area contributed by atoms with E-state index >= 15 is 0 Å². The number of carbonyl (C=O) groups is 1. The lowest BCUT2D eigenvalue weighted by Crippen LogP contribution is -2.44. The number of carboxylic acid groups (broad SMARTS) is 1. The van der Waals surface area contributed by atoms with E-state index in [4.69, 9.17) is 9.84 Å². The minimum absolute atomic E-state index is 0.340. The van der Waals surface area contributed by atoms with Crippen LogP contribution in [0.25, 0.3) is 0 Å². The Labute approximate surface area is 103 Å². The van der Waals surface area contributed by atoms with E-state index in [-0.39, 0.29) is 5.54 Å². The van der Waals surface area contributed by atoms with Gasteiger partial charge in [0.05, 0.1) is 6.61 Å². The number of likely N-dealkylation sites (tertiary alicyclic amines) is 1. The van der Waals surface area contributed by atoms with E-state index in [2.05, 4.69) is 10.2 Å². The van der Waals surface area contributed by atoms with Crippen LogP contribution < -0.4 is 5.32 Å². The minimum atomic E-state index is -0.941. The van der Waals surface area contributed by atoms with E-state index in [1.807, 2.05) is 13.8 Å². The molecule has 100 valence electrons. The summed E-state index contributed by atoms with van der Waals surface area (Å²) in [6.07, 6.45) is 1.10. The highest BCUT2D eigenvalue weighted by Gasteiger charge is 2.29. The zero-order valence-corrected chi connectivity index (χ0v) is 11.0. The minimum Gasteiger partial charge on any atom is -0.465 e. The van der Waals surface area contributed by atoms with Crippen LogP contribution in [0.3, 0.4) is 0 Å². The largest absolute Gasteiger partial charge is 0.465 e. The van der Waals surface area contributed by atoms with Crippen LogP contribution >= 0.6 is 0 Å². The summed E-state index contributed by atoms with van der Waals surface area (Å²) < 4.78 is 5.06. The molecule has 0 radical (unpaired) electrons. The van der Waals surface area contributed by atoms with Crippen LogP contribution in [-0.4, -0.2) is 55.0 Å². The number of nitrogens with zero attached hydrogens (tertiary/aromatic N) is 1. The van der Waals surface area contributed by atoms with Gasteiger partial charge in [-0.15, -0.1) is 0 Å². The molecule has 1 fully saturated rings. The molecule has 5 nitrogen and oxygen atoms in total. The first-order valence-electron chi connectivity index (χ1n) is 6.15. The van der Waals surface area contributed by atoms with Crippen molar-refractivity contribution in [3.63, 3.8) is 0 Å². The van der Waals surface area contributed by atoms with Gasteiger partial charge in [0.25, 0.3) is 0 Å². The van der Waals surface area contributed by atoms with E-state index in [0.29, 0.717) is 5.92 Å². The van der Waals surface area contributed by atoms with E-state index < -0.39 is 6.09 Å². The lowest BCUT2D eigenvalue weighted by atomic mass is 9.90. The van der Waals surface area contributed by atoms with Gasteiger partial charge in [0.2, 0.25) is 0 Å². The standard InChI is InChI=1S/C12H24N2O3/c1-12(2,13-11(15)16)8-10-4-5-14(9-10)6-7-17-3/h10,13H,4-9H2,1-3H3,(H,15,16). The predicted octanol–water partition coefficient (Wildman–Crippen LogP) is 1.39. The third-order valence-electron chi connectivity index (χ3n) is 3.23. The molecule has 1 saturated heterocycles. The molecule has 1 aliphatic rings. The Morgan fingerprint density at radius 3 is 2.88 bits per heavy atom. The Bertz CT molecular complexity index is 256. The highest BCUT2D eigenvalue weighted by Crippen LogP contribution is 2.25. The predicted molar refractivity (Wildman–Crippen MR) is 66.3 cm³/mol. The van der Waals surface area contributed by atoms with Crippen molar-refractivity contribution >= 4 is 6.09 Å². The normalized spacial score (nSPS) is 21.7. The molecular weight excluding hydrogens is 220 g/mol. The molecule has 0 aliphatic carbocycles.